The summed E-state index contributed by atoms with van der Waals surface area (Å²) in [7, 11) is 5.22. The average Bonchev–Trinajstić information content (AvgIpc) is 3.13. The zero-order valence-electron chi connectivity index (χ0n) is 19.0. The number of aromatic amines is 1. The third-order valence-corrected chi connectivity index (χ3v) is 7.03. The molecule has 2 aliphatic rings. The number of hydrogen-bond donors (Lipinski definition) is 1. The van der Waals surface area contributed by atoms with Gasteiger partial charge in [0.1, 0.15) is 11.9 Å². The number of nitrogens with zero attached hydrogens (tertiary/aromatic N) is 4. The molecule has 0 radical (unpaired) electrons. The highest BCUT2D eigenvalue weighted by Crippen LogP contribution is 2.35. The van der Waals surface area contributed by atoms with Crippen molar-refractivity contribution in [2.75, 3.05) is 27.2 Å². The lowest BCUT2D eigenvalue weighted by Crippen LogP contribution is -2.58. The van der Waals surface area contributed by atoms with Crippen molar-refractivity contribution in [3.63, 3.8) is 0 Å². The van der Waals surface area contributed by atoms with Gasteiger partial charge in [0, 0.05) is 50.7 Å². The number of carbonyl (C=O) groups is 1. The first kappa shape index (κ1) is 23.0. The Morgan fingerprint density at radius 2 is 1.91 bits per heavy atom. The van der Waals surface area contributed by atoms with Crippen molar-refractivity contribution in [1.29, 1.82) is 0 Å². The molecule has 0 bridgehead atoms. The molecule has 1 N–H and O–H groups in total. The number of benzene rings is 1. The van der Waals surface area contributed by atoms with Crippen LogP contribution < -0.4 is 5.69 Å². The maximum absolute atomic E-state index is 12.6. The monoisotopic (exact) mass is 461 g/mol. The second-order valence-corrected chi connectivity index (χ2v) is 9.62. The molecule has 4 rings (SSSR count). The molecule has 1 amide bonds. The molecule has 1 aliphatic heterocycles. The fourth-order valence-electron chi connectivity index (χ4n) is 4.96. The lowest BCUT2D eigenvalue weighted by atomic mass is 9.83. The van der Waals surface area contributed by atoms with Crippen LogP contribution in [0.4, 0.5) is 0 Å². The first-order chi connectivity index (χ1) is 15.3. The van der Waals surface area contributed by atoms with E-state index >= 15 is 0 Å². The molecular formula is C23H32ClN5O3. The van der Waals surface area contributed by atoms with Crippen molar-refractivity contribution in [2.45, 2.75) is 56.2 Å². The molecule has 2 fully saturated rings. The summed E-state index contributed by atoms with van der Waals surface area (Å²) in [6.07, 6.45) is 4.36. The van der Waals surface area contributed by atoms with Gasteiger partial charge in [-0.15, -0.1) is 0 Å². The lowest BCUT2D eigenvalue weighted by Gasteiger charge is -2.46. The third-order valence-electron chi connectivity index (χ3n) is 6.78. The summed E-state index contributed by atoms with van der Waals surface area (Å²) in [5, 5.41) is 5.09. The number of carbonyl (C=O) groups excluding carboxylic acids is 1. The van der Waals surface area contributed by atoms with Gasteiger partial charge in [-0.3, -0.25) is 14.7 Å². The molecule has 1 aromatic carbocycles. The van der Waals surface area contributed by atoms with Crippen LogP contribution in [0, 0.1) is 0 Å². The zero-order chi connectivity index (χ0) is 22.8. The Balaban J connectivity index is 1.47. The number of amides is 1. The molecule has 2 aromatic rings. The highest BCUT2D eigenvalue weighted by Gasteiger charge is 2.39. The van der Waals surface area contributed by atoms with Gasteiger partial charge in [0.2, 0.25) is 0 Å². The van der Waals surface area contributed by atoms with E-state index in [1.165, 1.54) is 10.2 Å². The van der Waals surface area contributed by atoms with Crippen molar-refractivity contribution >= 4 is 17.5 Å². The van der Waals surface area contributed by atoms with Crippen molar-refractivity contribution in [3.8, 4) is 0 Å². The molecule has 2 atom stereocenters. The number of aromatic nitrogens is 3. The summed E-state index contributed by atoms with van der Waals surface area (Å²) >= 11 is 6.06. The number of hydrogen-bond acceptors (Lipinski definition) is 5. The van der Waals surface area contributed by atoms with Crippen LogP contribution in [0.3, 0.4) is 0 Å². The van der Waals surface area contributed by atoms with Gasteiger partial charge in [0.05, 0.1) is 6.61 Å². The zero-order valence-corrected chi connectivity index (χ0v) is 19.7. The molecule has 32 heavy (non-hydrogen) atoms. The van der Waals surface area contributed by atoms with E-state index in [1.54, 1.807) is 26.0 Å². The highest BCUT2D eigenvalue weighted by atomic mass is 35.5. The van der Waals surface area contributed by atoms with Crippen LogP contribution in [0.2, 0.25) is 5.02 Å². The Labute approximate surface area is 193 Å². The van der Waals surface area contributed by atoms with Gasteiger partial charge in [-0.1, -0.05) is 23.7 Å². The third kappa shape index (κ3) is 5.08. The summed E-state index contributed by atoms with van der Waals surface area (Å²) in [6.45, 7) is 1.13. The summed E-state index contributed by atoms with van der Waals surface area (Å²) < 4.78 is 7.39. The predicted molar refractivity (Wildman–Crippen MR) is 123 cm³/mol. The van der Waals surface area contributed by atoms with Gasteiger partial charge >= 0.3 is 5.69 Å². The van der Waals surface area contributed by atoms with Gasteiger partial charge < -0.3 is 9.64 Å². The van der Waals surface area contributed by atoms with Crippen molar-refractivity contribution in [2.24, 2.45) is 7.05 Å². The highest BCUT2D eigenvalue weighted by molar-refractivity contribution is 6.30. The summed E-state index contributed by atoms with van der Waals surface area (Å²) in [5.41, 5.74) is 1.05. The van der Waals surface area contributed by atoms with E-state index in [0.29, 0.717) is 19.2 Å². The largest absolute Gasteiger partial charge is 0.365 e. The Bertz CT molecular complexity index is 978. The second kappa shape index (κ2) is 9.77. The first-order valence-corrected chi connectivity index (χ1v) is 11.7. The van der Waals surface area contributed by atoms with Gasteiger partial charge in [-0.2, -0.15) is 5.10 Å². The molecular weight excluding hydrogens is 430 g/mol. The van der Waals surface area contributed by atoms with Gasteiger partial charge in [0.25, 0.3) is 5.91 Å². The number of nitrogens with one attached hydrogen (secondary N) is 1. The molecule has 0 spiro atoms. The van der Waals surface area contributed by atoms with Gasteiger partial charge in [-0.25, -0.2) is 9.48 Å². The maximum Gasteiger partial charge on any atom is 0.343 e. The Hall–Kier alpha value is -2.16. The van der Waals surface area contributed by atoms with E-state index < -0.39 is 6.10 Å². The van der Waals surface area contributed by atoms with Gasteiger partial charge in [0.15, 0.2) is 0 Å². The van der Waals surface area contributed by atoms with Crippen molar-refractivity contribution in [3.05, 3.63) is 51.2 Å². The predicted octanol–water partition coefficient (Wildman–Crippen LogP) is 2.19. The molecule has 1 saturated heterocycles. The fourth-order valence-corrected chi connectivity index (χ4v) is 5.08. The average molecular weight is 462 g/mol. The lowest BCUT2D eigenvalue weighted by molar-refractivity contribution is -0.153. The van der Waals surface area contributed by atoms with Crippen LogP contribution >= 0.6 is 11.6 Å². The van der Waals surface area contributed by atoms with E-state index in [4.69, 9.17) is 16.3 Å². The van der Waals surface area contributed by atoms with Crippen molar-refractivity contribution < 1.29 is 9.53 Å². The van der Waals surface area contributed by atoms with E-state index in [0.717, 1.165) is 43.0 Å². The number of aryl methyl sites for hydroxylation is 1. The van der Waals surface area contributed by atoms with E-state index in [-0.39, 0.29) is 23.6 Å². The van der Waals surface area contributed by atoms with E-state index in [2.05, 4.69) is 27.1 Å². The van der Waals surface area contributed by atoms with E-state index in [1.807, 2.05) is 12.1 Å². The van der Waals surface area contributed by atoms with Crippen LogP contribution in [0.25, 0.3) is 0 Å². The van der Waals surface area contributed by atoms with Crippen LogP contribution in [-0.4, -0.2) is 75.9 Å². The van der Waals surface area contributed by atoms with Crippen LogP contribution in [-0.2, 0) is 23.0 Å². The molecule has 1 saturated carbocycles. The molecule has 8 nitrogen and oxygen atoms in total. The number of halogens is 1. The molecule has 1 aliphatic carbocycles. The van der Waals surface area contributed by atoms with E-state index in [9.17, 15) is 9.59 Å². The van der Waals surface area contributed by atoms with Crippen LogP contribution in [0.15, 0.2) is 29.1 Å². The summed E-state index contributed by atoms with van der Waals surface area (Å²) in [6, 6.07) is 8.54. The molecule has 0 unspecified atom stereocenters. The fraction of sp³-hybridized carbons (Fsp3) is 0.609. The number of likely N-dealkylation sites (N-methyl/N-ethyl adjacent to an activating group) is 1. The first-order valence-electron chi connectivity index (χ1n) is 11.3. The number of morpholine rings is 1. The topological polar surface area (TPSA) is 83.5 Å². The number of ether oxygens (including phenoxy) is 1. The van der Waals surface area contributed by atoms with Crippen LogP contribution in [0.1, 0.15) is 43.0 Å². The Morgan fingerprint density at radius 3 is 2.50 bits per heavy atom. The van der Waals surface area contributed by atoms with Gasteiger partial charge in [-0.05, 0) is 49.8 Å². The SMILES string of the molecule is CN(C)C(=O)[C@H]1CN(C2CCC(c3nn(C)c(=O)[nH]3)CC2)[C@@H](Cc2ccc(Cl)cc2)CO1. The quantitative estimate of drug-likeness (QED) is 0.737. The summed E-state index contributed by atoms with van der Waals surface area (Å²) in [5.74, 6) is 1.08. The molecule has 1 aromatic heterocycles. The Morgan fingerprint density at radius 1 is 1.22 bits per heavy atom. The van der Waals surface area contributed by atoms with Crippen LogP contribution in [0.5, 0.6) is 0 Å². The minimum atomic E-state index is -0.434. The molecule has 174 valence electrons. The number of rotatable bonds is 5. The molecule has 9 heteroatoms. The standard InChI is InChI=1S/C23H32ClN5O3/c1-27(2)22(30)20-13-29(19(14-32-20)12-15-4-8-17(24)9-5-15)18-10-6-16(7-11-18)21-25-23(31)28(3)26-21/h4-5,8-9,16,18-20H,6-7,10-14H2,1-3H3,(H,25,26,31)/t16?,18?,19-,20+/m0/s1. The minimum Gasteiger partial charge on any atom is -0.365 e. The molecule has 2 heterocycles. The Kier molecular flexibility index (Phi) is 7.02. The summed E-state index contributed by atoms with van der Waals surface area (Å²) in [4.78, 5) is 31.4. The smallest absolute Gasteiger partial charge is 0.343 e. The normalized spacial score (nSPS) is 26.8. The minimum absolute atomic E-state index is 0.0136. The number of H-pyrrole nitrogens is 1. The van der Waals surface area contributed by atoms with Crippen molar-refractivity contribution in [1.82, 2.24) is 24.6 Å². The second-order valence-electron chi connectivity index (χ2n) is 9.18. The maximum atomic E-state index is 12.6.